The number of nitrogens with zero attached hydrogens (tertiary/aromatic N) is 3. The molecule has 35 heavy (non-hydrogen) atoms. The van der Waals surface area contributed by atoms with Crippen LogP contribution in [0.2, 0.25) is 0 Å². The number of para-hydroxylation sites is 1. The number of carbonyl (C=O) groups is 2. The topological polar surface area (TPSA) is 75.2 Å². The second kappa shape index (κ2) is 9.17. The van der Waals surface area contributed by atoms with Crippen molar-refractivity contribution >= 4 is 11.8 Å². The number of Topliss-reactive ketones (excluding diaryl/α,β-unsaturated/α-hetero) is 1. The molecule has 0 aliphatic rings. The molecule has 4 rings (SSSR count). The van der Waals surface area contributed by atoms with Crippen LogP contribution in [0.1, 0.15) is 37.8 Å². The Balaban J connectivity index is 1.65. The van der Waals surface area contributed by atoms with Crippen LogP contribution in [0.3, 0.4) is 0 Å². The fraction of sp³-hybridized carbons (Fsp3) is 0.192. The molecule has 0 unspecified atom stereocenters. The molecule has 0 spiro atoms. The largest absolute Gasteiger partial charge is 0.454 e. The van der Waals surface area contributed by atoms with Gasteiger partial charge in [-0.15, -0.1) is 0 Å². The molecule has 0 fully saturated rings. The number of halogens is 2. The lowest BCUT2D eigenvalue weighted by Crippen LogP contribution is -2.22. The molecule has 0 N–H and O–H groups in total. The molecule has 0 bridgehead atoms. The molecule has 9 heteroatoms. The van der Waals surface area contributed by atoms with Gasteiger partial charge in [-0.2, -0.15) is 0 Å². The molecule has 0 aliphatic carbocycles. The van der Waals surface area contributed by atoms with Crippen LogP contribution in [0.5, 0.6) is 0 Å². The highest BCUT2D eigenvalue weighted by molar-refractivity contribution is 6.00. The molecule has 0 aliphatic heterocycles. The summed E-state index contributed by atoms with van der Waals surface area (Å²) >= 11 is 0. The molecule has 2 aromatic carbocycles. The number of esters is 1. The van der Waals surface area contributed by atoms with E-state index in [-0.39, 0.29) is 11.1 Å². The molecule has 4 aromatic rings. The predicted molar refractivity (Wildman–Crippen MR) is 126 cm³/mol. The van der Waals surface area contributed by atoms with Crippen molar-refractivity contribution in [2.24, 2.45) is 7.05 Å². The average Bonchev–Trinajstić information content (AvgIpc) is 3.23. The number of aryl methyl sites for hydroxylation is 1. The summed E-state index contributed by atoms with van der Waals surface area (Å²) in [5, 5.41) is 0. The van der Waals surface area contributed by atoms with E-state index in [1.165, 1.54) is 0 Å². The van der Waals surface area contributed by atoms with E-state index in [2.05, 4.69) is 0 Å². The third-order valence-corrected chi connectivity index (χ3v) is 5.96. The van der Waals surface area contributed by atoms with Gasteiger partial charge in [0, 0.05) is 30.1 Å². The van der Waals surface area contributed by atoms with Gasteiger partial charge in [-0.25, -0.2) is 18.3 Å². The van der Waals surface area contributed by atoms with Gasteiger partial charge in [-0.1, -0.05) is 18.2 Å². The predicted octanol–water partition coefficient (Wildman–Crippen LogP) is 4.21. The van der Waals surface area contributed by atoms with E-state index in [4.69, 9.17) is 4.74 Å². The van der Waals surface area contributed by atoms with E-state index < -0.39 is 35.6 Å². The smallest absolute Gasteiger partial charge is 0.341 e. The zero-order valence-electron chi connectivity index (χ0n) is 19.6. The minimum atomic E-state index is -1.07. The number of aromatic nitrogens is 3. The van der Waals surface area contributed by atoms with Gasteiger partial charge < -0.3 is 9.30 Å². The first kappa shape index (κ1) is 23.9. The summed E-state index contributed by atoms with van der Waals surface area (Å²) in [6.45, 7) is 4.64. The average molecular weight is 479 g/mol. The summed E-state index contributed by atoms with van der Waals surface area (Å²) < 4.78 is 36.9. The van der Waals surface area contributed by atoms with Crippen molar-refractivity contribution in [1.29, 1.82) is 0 Å². The quantitative estimate of drug-likeness (QED) is 0.307. The maximum absolute atomic E-state index is 13.8. The van der Waals surface area contributed by atoms with Gasteiger partial charge in [0.1, 0.15) is 17.3 Å². The zero-order valence-corrected chi connectivity index (χ0v) is 19.6. The third-order valence-electron chi connectivity index (χ3n) is 5.96. The fourth-order valence-electron chi connectivity index (χ4n) is 4.14. The summed E-state index contributed by atoms with van der Waals surface area (Å²) in [5.41, 5.74) is 2.49. The fourth-order valence-corrected chi connectivity index (χ4v) is 4.14. The van der Waals surface area contributed by atoms with E-state index in [0.717, 1.165) is 12.1 Å². The number of rotatable bonds is 6. The third kappa shape index (κ3) is 4.21. The van der Waals surface area contributed by atoms with Crippen LogP contribution in [-0.4, -0.2) is 32.3 Å². The molecule has 2 aromatic heterocycles. The number of ether oxygens (including phenoxy) is 1. The van der Waals surface area contributed by atoms with E-state index >= 15 is 0 Å². The summed E-state index contributed by atoms with van der Waals surface area (Å²) in [6, 6.07) is 13.3. The van der Waals surface area contributed by atoms with Gasteiger partial charge in [0.15, 0.2) is 6.61 Å². The second-order valence-electron chi connectivity index (χ2n) is 8.15. The molecule has 7 nitrogen and oxygen atoms in total. The van der Waals surface area contributed by atoms with Crippen molar-refractivity contribution in [2.75, 3.05) is 6.61 Å². The Morgan fingerprint density at radius 3 is 2.26 bits per heavy atom. The lowest BCUT2D eigenvalue weighted by molar-refractivity contribution is 0.0470. The first-order valence-electron chi connectivity index (χ1n) is 10.8. The zero-order chi connectivity index (χ0) is 25.4. The van der Waals surface area contributed by atoms with Crippen LogP contribution in [0.15, 0.2) is 59.4 Å². The summed E-state index contributed by atoms with van der Waals surface area (Å²) in [6.07, 6.45) is 0. The summed E-state index contributed by atoms with van der Waals surface area (Å²) in [4.78, 5) is 38.5. The Kier molecular flexibility index (Phi) is 6.26. The summed E-state index contributed by atoms with van der Waals surface area (Å²) in [7, 11) is 1.78. The minimum absolute atomic E-state index is 0.254. The Morgan fingerprint density at radius 2 is 1.60 bits per heavy atom. The lowest BCUT2D eigenvalue weighted by Gasteiger charge is -2.09. The Hall–Kier alpha value is -4.27. The normalized spacial score (nSPS) is 11.0. The molecule has 180 valence electrons. The number of carbonyl (C=O) groups excluding carboxylic acids is 2. The number of hydrogen-bond acceptors (Lipinski definition) is 4. The first-order chi connectivity index (χ1) is 16.6. The van der Waals surface area contributed by atoms with Crippen LogP contribution < -0.4 is 5.56 Å². The van der Waals surface area contributed by atoms with Crippen molar-refractivity contribution in [3.05, 3.63) is 105 Å². The first-order valence-corrected chi connectivity index (χ1v) is 10.8. The molecule has 0 saturated carbocycles. The maximum atomic E-state index is 13.8. The second-order valence-corrected chi connectivity index (χ2v) is 8.15. The van der Waals surface area contributed by atoms with E-state index in [0.29, 0.717) is 34.5 Å². The van der Waals surface area contributed by atoms with Gasteiger partial charge in [0.25, 0.3) is 5.56 Å². The van der Waals surface area contributed by atoms with Gasteiger partial charge in [0.2, 0.25) is 5.78 Å². The van der Waals surface area contributed by atoms with Crippen molar-refractivity contribution in [3.63, 3.8) is 0 Å². The van der Waals surface area contributed by atoms with Crippen molar-refractivity contribution in [3.8, 4) is 11.4 Å². The molecule has 0 amide bonds. The Bertz CT molecular complexity index is 1510. The minimum Gasteiger partial charge on any atom is -0.454 e. The molecular weight excluding hydrogens is 456 g/mol. The van der Waals surface area contributed by atoms with Crippen molar-refractivity contribution in [1.82, 2.24) is 13.9 Å². The van der Waals surface area contributed by atoms with Gasteiger partial charge in [-0.05, 0) is 51.1 Å². The highest BCUT2D eigenvalue weighted by atomic mass is 19.1. The van der Waals surface area contributed by atoms with Crippen LogP contribution >= 0.6 is 0 Å². The van der Waals surface area contributed by atoms with Gasteiger partial charge >= 0.3 is 5.97 Å². The Labute approximate surface area is 199 Å². The van der Waals surface area contributed by atoms with Crippen LogP contribution in [-0.2, 0) is 11.8 Å². The van der Waals surface area contributed by atoms with E-state index in [9.17, 15) is 23.2 Å². The van der Waals surface area contributed by atoms with Crippen molar-refractivity contribution < 1.29 is 23.1 Å². The maximum Gasteiger partial charge on any atom is 0.341 e. The Morgan fingerprint density at radius 1 is 0.914 bits per heavy atom. The van der Waals surface area contributed by atoms with E-state index in [1.54, 1.807) is 40.9 Å². The SMILES string of the molecule is Cc1cc(C(=O)COC(=O)c2ccc(F)cc2F)c(C)n1-c1c(C)n(C)n(-c2ccccc2)c1=O. The van der Waals surface area contributed by atoms with Gasteiger partial charge in [-0.3, -0.25) is 14.3 Å². The number of ketones is 1. The lowest BCUT2D eigenvalue weighted by atomic mass is 10.1. The molecule has 0 atom stereocenters. The standard InChI is InChI=1S/C26H23F2N3O4/c1-15-12-21(23(32)14-35-26(34)20-11-10-18(27)13-22(20)28)16(2)30(15)24-17(3)29(4)31(25(24)33)19-8-6-5-7-9-19/h5-13H,14H2,1-4H3. The van der Waals surface area contributed by atoms with Crippen LogP contribution in [0, 0.1) is 32.4 Å². The molecule has 2 heterocycles. The highest BCUT2D eigenvalue weighted by Crippen LogP contribution is 2.23. The van der Waals surface area contributed by atoms with Crippen LogP contribution in [0.25, 0.3) is 11.4 Å². The number of hydrogen-bond donors (Lipinski definition) is 0. The molecule has 0 saturated heterocycles. The molecule has 0 radical (unpaired) electrons. The van der Waals surface area contributed by atoms with Crippen molar-refractivity contribution in [2.45, 2.75) is 20.8 Å². The summed E-state index contributed by atoms with van der Waals surface area (Å²) in [5.74, 6) is -3.49. The van der Waals surface area contributed by atoms with Gasteiger partial charge in [0.05, 0.1) is 16.9 Å². The number of benzene rings is 2. The highest BCUT2D eigenvalue weighted by Gasteiger charge is 2.24. The van der Waals surface area contributed by atoms with E-state index in [1.807, 2.05) is 37.3 Å². The van der Waals surface area contributed by atoms with Crippen LogP contribution in [0.4, 0.5) is 8.78 Å². The monoisotopic (exact) mass is 479 g/mol. The molecular formula is C26H23F2N3O4.